The number of nitrogens with one attached hydrogen (secondary N) is 1. The molecule has 3 heterocycles. The average Bonchev–Trinajstić information content (AvgIpc) is 2.94. The summed E-state index contributed by atoms with van der Waals surface area (Å²) in [5, 5.41) is 78.1. The lowest BCUT2D eigenvalue weighted by Gasteiger charge is -2.44. The molecule has 2 aliphatic rings. The smallest absolute Gasteiger partial charge is 0.335 e. The third-order valence-corrected chi connectivity index (χ3v) is 6.14. The molecule has 2 fully saturated rings. The van der Waals surface area contributed by atoms with Gasteiger partial charge >= 0.3 is 5.97 Å². The first-order valence-electron chi connectivity index (χ1n) is 11.4. The van der Waals surface area contributed by atoms with Crippen LogP contribution >= 0.6 is 0 Å². The Bertz CT molecular complexity index is 1130. The number of amides is 1. The summed E-state index contributed by atoms with van der Waals surface area (Å²) in [4.78, 5) is 28.9. The number of aromatic nitrogens is 4. The average molecular weight is 554 g/mol. The highest BCUT2D eigenvalue weighted by Crippen LogP contribution is 2.29. The van der Waals surface area contributed by atoms with E-state index >= 15 is 0 Å². The molecule has 9 N–H and O–H groups in total. The fourth-order valence-electron chi connectivity index (χ4n) is 4.05. The lowest BCUT2D eigenvalue weighted by Crippen LogP contribution is -2.66. The van der Waals surface area contributed by atoms with E-state index in [0.29, 0.717) is 11.1 Å². The number of nitrogens with zero attached hydrogens (tertiary/aromatic N) is 4. The van der Waals surface area contributed by atoms with Crippen LogP contribution in [0.4, 0.5) is 0 Å². The number of aliphatic hydroxyl groups is 5. The van der Waals surface area contributed by atoms with Crippen molar-refractivity contribution >= 4 is 11.9 Å². The molecule has 18 heteroatoms. The number of carboxylic acid groups (broad SMARTS) is 1. The maximum absolute atomic E-state index is 13.0. The number of ether oxygens (including phenoxy) is 3. The number of carbonyl (C=O) groups is 2. The highest BCUT2D eigenvalue weighted by Gasteiger charge is 2.54. The van der Waals surface area contributed by atoms with Gasteiger partial charge in [0.1, 0.15) is 36.6 Å². The van der Waals surface area contributed by atoms with Crippen LogP contribution in [-0.2, 0) is 35.2 Å². The SMILES string of the molecule is NOC1C(C(=O)O)OC(OC2C(C(=O)NCc3ccc(-c4nncnn4)cc3)OC(O)C(O)C2O)C(O)C1O. The summed E-state index contributed by atoms with van der Waals surface area (Å²) in [6.07, 6.45) is -17.7. The van der Waals surface area contributed by atoms with Crippen LogP contribution in [-0.4, -0.2) is 124 Å². The fourth-order valence-corrected chi connectivity index (χ4v) is 4.05. The van der Waals surface area contributed by atoms with E-state index in [9.17, 15) is 40.2 Å². The molecule has 0 bridgehead atoms. The standard InChI is InChI=1S/C21H26N6O12/c22-39-14-10(29)12(31)21(38-16(14)19(33)34)37-13-9(28)11(30)20(35)36-15(13)18(32)23-5-7-1-3-8(4-2-7)17-26-24-6-25-27-17/h1-4,6,9-16,20-21,28-31,35H,5,22H2,(H,23,32)(H,33,34). The number of carboxylic acids is 1. The first-order valence-corrected chi connectivity index (χ1v) is 11.4. The van der Waals surface area contributed by atoms with Gasteiger partial charge < -0.3 is 50.2 Å². The zero-order chi connectivity index (χ0) is 28.3. The normalized spacial score (nSPS) is 34.8. The van der Waals surface area contributed by atoms with E-state index in [2.05, 4.69) is 30.5 Å². The van der Waals surface area contributed by atoms with E-state index in [1.165, 1.54) is 6.33 Å². The van der Waals surface area contributed by atoms with Gasteiger partial charge in [0.25, 0.3) is 5.91 Å². The predicted octanol–water partition coefficient (Wildman–Crippen LogP) is -4.84. The highest BCUT2D eigenvalue weighted by molar-refractivity contribution is 5.81. The van der Waals surface area contributed by atoms with Crippen LogP contribution in [0.1, 0.15) is 5.56 Å². The number of hydrogen-bond acceptors (Lipinski definition) is 16. The summed E-state index contributed by atoms with van der Waals surface area (Å²) in [5.74, 6) is 2.78. The lowest BCUT2D eigenvalue weighted by molar-refractivity contribution is -0.347. The van der Waals surface area contributed by atoms with Crippen LogP contribution in [0, 0.1) is 0 Å². The molecule has 10 unspecified atom stereocenters. The topological polar surface area (TPSA) is 282 Å². The summed E-state index contributed by atoms with van der Waals surface area (Å²) in [6, 6.07) is 6.64. The minimum Gasteiger partial charge on any atom is -0.479 e. The van der Waals surface area contributed by atoms with Gasteiger partial charge in [0.2, 0.25) is 5.82 Å². The molecule has 0 saturated carbocycles. The molecule has 212 valence electrons. The Hall–Kier alpha value is -3.30. The van der Waals surface area contributed by atoms with Gasteiger partial charge in [0, 0.05) is 12.1 Å². The summed E-state index contributed by atoms with van der Waals surface area (Å²) >= 11 is 0. The van der Waals surface area contributed by atoms with E-state index in [-0.39, 0.29) is 12.4 Å². The molecule has 1 amide bonds. The van der Waals surface area contributed by atoms with E-state index in [4.69, 9.17) is 20.1 Å². The second-order valence-corrected chi connectivity index (χ2v) is 8.66. The van der Waals surface area contributed by atoms with Gasteiger partial charge in [-0.25, -0.2) is 10.7 Å². The van der Waals surface area contributed by atoms with Crippen LogP contribution < -0.4 is 11.2 Å². The van der Waals surface area contributed by atoms with Crippen molar-refractivity contribution in [2.75, 3.05) is 0 Å². The van der Waals surface area contributed by atoms with Gasteiger partial charge in [-0.1, -0.05) is 24.3 Å². The van der Waals surface area contributed by atoms with Gasteiger partial charge in [-0.15, -0.1) is 20.4 Å². The van der Waals surface area contributed by atoms with Crippen molar-refractivity contribution in [3.05, 3.63) is 36.2 Å². The van der Waals surface area contributed by atoms with Gasteiger partial charge in [0.15, 0.2) is 31.1 Å². The summed E-state index contributed by atoms with van der Waals surface area (Å²) in [7, 11) is 0. The Labute approximate surface area is 218 Å². The van der Waals surface area contributed by atoms with Crippen LogP contribution in [0.2, 0.25) is 0 Å². The van der Waals surface area contributed by atoms with Crippen LogP contribution in [0.5, 0.6) is 0 Å². The second kappa shape index (κ2) is 12.3. The number of aliphatic hydroxyl groups excluding tert-OH is 5. The summed E-state index contributed by atoms with van der Waals surface area (Å²) in [6.45, 7) is -0.0511. The van der Waals surface area contributed by atoms with Gasteiger partial charge in [-0.05, 0) is 5.56 Å². The monoisotopic (exact) mass is 554 g/mol. The van der Waals surface area contributed by atoms with Crippen molar-refractivity contribution in [2.24, 2.45) is 5.90 Å². The molecule has 1 aromatic carbocycles. The largest absolute Gasteiger partial charge is 0.479 e. The summed E-state index contributed by atoms with van der Waals surface area (Å²) < 4.78 is 15.7. The minimum atomic E-state index is -1.99. The predicted molar refractivity (Wildman–Crippen MR) is 120 cm³/mol. The van der Waals surface area contributed by atoms with E-state index in [0.717, 1.165) is 0 Å². The highest BCUT2D eigenvalue weighted by atomic mass is 16.7. The first kappa shape index (κ1) is 28.7. The number of nitrogens with two attached hydrogens (primary N) is 1. The van der Waals surface area contributed by atoms with Gasteiger partial charge in [-0.2, -0.15) is 0 Å². The Balaban J connectivity index is 1.46. The second-order valence-electron chi connectivity index (χ2n) is 8.66. The number of aliphatic carboxylic acids is 1. The molecule has 4 rings (SSSR count). The molecule has 2 saturated heterocycles. The Morgan fingerprint density at radius 2 is 1.54 bits per heavy atom. The lowest BCUT2D eigenvalue weighted by atomic mass is 9.96. The third kappa shape index (κ3) is 6.15. The molecule has 2 aliphatic heterocycles. The molecule has 0 spiro atoms. The third-order valence-electron chi connectivity index (χ3n) is 6.14. The van der Waals surface area contributed by atoms with Crippen LogP contribution in [0.25, 0.3) is 11.4 Å². The zero-order valence-electron chi connectivity index (χ0n) is 19.9. The van der Waals surface area contributed by atoms with Crippen molar-refractivity contribution in [3.63, 3.8) is 0 Å². The maximum Gasteiger partial charge on any atom is 0.335 e. The number of benzene rings is 1. The maximum atomic E-state index is 13.0. The molecule has 2 aromatic rings. The van der Waals surface area contributed by atoms with E-state index in [1.54, 1.807) is 24.3 Å². The molecule has 1 aromatic heterocycles. The van der Waals surface area contributed by atoms with Crippen molar-refractivity contribution < 1.29 is 59.3 Å². The number of rotatable bonds is 8. The van der Waals surface area contributed by atoms with Gasteiger partial charge in [0.05, 0.1) is 0 Å². The molecule has 10 atom stereocenters. The zero-order valence-corrected chi connectivity index (χ0v) is 19.9. The first-order chi connectivity index (χ1) is 18.6. The van der Waals surface area contributed by atoms with Crippen LogP contribution in [0.3, 0.4) is 0 Å². The Morgan fingerprint density at radius 3 is 2.15 bits per heavy atom. The summed E-state index contributed by atoms with van der Waals surface area (Å²) in [5.41, 5.74) is 1.23. The molecular weight excluding hydrogens is 528 g/mol. The van der Waals surface area contributed by atoms with E-state index in [1.807, 2.05) is 0 Å². The number of carbonyl (C=O) groups excluding carboxylic acids is 1. The molecule has 18 nitrogen and oxygen atoms in total. The Kier molecular flexibility index (Phi) is 9.02. The quantitative estimate of drug-likeness (QED) is 0.142. The van der Waals surface area contributed by atoms with Crippen molar-refractivity contribution in [3.8, 4) is 11.4 Å². The fraction of sp³-hybridized carbons (Fsp3) is 0.524. The molecule has 0 aliphatic carbocycles. The molecule has 0 radical (unpaired) electrons. The molecular formula is C21H26N6O12. The van der Waals surface area contributed by atoms with Crippen molar-refractivity contribution in [1.29, 1.82) is 0 Å². The van der Waals surface area contributed by atoms with Crippen LogP contribution in [0.15, 0.2) is 30.6 Å². The molecule has 39 heavy (non-hydrogen) atoms. The minimum absolute atomic E-state index is 0.0511. The number of hydrogen-bond donors (Lipinski definition) is 8. The Morgan fingerprint density at radius 1 is 0.897 bits per heavy atom. The van der Waals surface area contributed by atoms with Crippen molar-refractivity contribution in [1.82, 2.24) is 25.7 Å². The van der Waals surface area contributed by atoms with E-state index < -0.39 is 73.3 Å². The van der Waals surface area contributed by atoms with Gasteiger partial charge in [-0.3, -0.25) is 9.63 Å². The van der Waals surface area contributed by atoms with Crippen molar-refractivity contribution in [2.45, 2.75) is 68.0 Å².